The van der Waals surface area contributed by atoms with Crippen molar-refractivity contribution in [2.45, 2.75) is 69.1 Å². The molecule has 14 heteroatoms. The van der Waals surface area contributed by atoms with Crippen LogP contribution in [0.2, 0.25) is 0 Å². The molecule has 2 aromatic heterocycles. The maximum absolute atomic E-state index is 13.9. The fourth-order valence-electron chi connectivity index (χ4n) is 6.41. The maximum Gasteiger partial charge on any atom is 0.417 e. The fourth-order valence-corrected chi connectivity index (χ4v) is 6.41. The van der Waals surface area contributed by atoms with E-state index in [-0.39, 0.29) is 28.9 Å². The molecule has 1 amide bonds. The SMILES string of the molecule is C[C@@H](c1nn[nH]n1)[C@H](CCN1CC2C(C1)C2(F)F)NC(=O)c1cc(-c2ccccc2C(F)(F)F)n(C2CCCC2)n1. The standard InChI is InChI=1S/C27H31F5N8O/c1-15(24-34-37-38-35-24)21(10-11-39-13-19-20(14-39)26(19,28)29)33-25(41)22-12-23(40(36-22)16-6-2-3-7-16)17-8-4-5-9-18(17)27(30,31)32/h4-5,8-9,12,15-16,19-21H,2-3,6-7,10-11,13-14H2,1H3,(H,33,41)(H,34,35,37,38)/t15-,19?,20?,21+/m1/s1. The number of likely N-dealkylation sites (tertiary alicyclic amines) is 1. The molecule has 41 heavy (non-hydrogen) atoms. The molecule has 1 saturated heterocycles. The Morgan fingerprint density at radius 1 is 1.17 bits per heavy atom. The third-order valence-corrected chi connectivity index (χ3v) is 8.87. The van der Waals surface area contributed by atoms with Gasteiger partial charge in [-0.15, -0.1) is 10.2 Å². The number of aromatic nitrogens is 6. The molecule has 1 aliphatic heterocycles. The molecule has 3 fully saturated rings. The number of hydrogen-bond donors (Lipinski definition) is 2. The minimum Gasteiger partial charge on any atom is -0.347 e. The van der Waals surface area contributed by atoms with Gasteiger partial charge < -0.3 is 10.2 Å². The number of fused-ring (bicyclic) bond motifs is 1. The molecule has 3 aliphatic rings. The summed E-state index contributed by atoms with van der Waals surface area (Å²) in [6.45, 7) is 2.93. The summed E-state index contributed by atoms with van der Waals surface area (Å²) in [6, 6.07) is 6.12. The summed E-state index contributed by atoms with van der Waals surface area (Å²) in [7, 11) is 0. The zero-order chi connectivity index (χ0) is 28.9. The van der Waals surface area contributed by atoms with Crippen molar-refractivity contribution in [3.8, 4) is 11.3 Å². The molecule has 2 unspecified atom stereocenters. The van der Waals surface area contributed by atoms with Gasteiger partial charge in [0.05, 0.1) is 17.3 Å². The molecule has 0 spiro atoms. The summed E-state index contributed by atoms with van der Waals surface area (Å²) in [6.07, 6.45) is -0.757. The number of amides is 1. The normalized spacial score (nSPS) is 23.9. The molecule has 4 atom stereocenters. The Bertz CT molecular complexity index is 1370. The minimum absolute atomic E-state index is 0.0104. The number of carbonyl (C=O) groups is 1. The van der Waals surface area contributed by atoms with E-state index in [4.69, 9.17) is 0 Å². The fraction of sp³-hybridized carbons (Fsp3) is 0.593. The molecule has 220 valence electrons. The van der Waals surface area contributed by atoms with Crippen LogP contribution in [0.1, 0.15) is 72.9 Å². The van der Waals surface area contributed by atoms with E-state index < -0.39 is 41.4 Å². The topological polar surface area (TPSA) is 105 Å². The second-order valence-corrected chi connectivity index (χ2v) is 11.4. The quantitative estimate of drug-likeness (QED) is 0.357. The van der Waals surface area contributed by atoms with Gasteiger partial charge in [-0.25, -0.2) is 8.78 Å². The molecular formula is C27H31F5N8O. The summed E-state index contributed by atoms with van der Waals surface area (Å²) >= 11 is 0. The van der Waals surface area contributed by atoms with Gasteiger partial charge in [0, 0.05) is 49.0 Å². The number of benzene rings is 1. The van der Waals surface area contributed by atoms with Crippen LogP contribution >= 0.6 is 0 Å². The molecule has 6 rings (SSSR count). The Balaban J connectivity index is 1.25. The predicted octanol–water partition coefficient (Wildman–Crippen LogP) is 4.69. The largest absolute Gasteiger partial charge is 0.417 e. The number of tetrazole rings is 1. The summed E-state index contributed by atoms with van der Waals surface area (Å²) in [5.41, 5.74) is -0.560. The molecule has 2 N–H and O–H groups in total. The lowest BCUT2D eigenvalue weighted by Gasteiger charge is -2.26. The monoisotopic (exact) mass is 578 g/mol. The number of rotatable bonds is 9. The van der Waals surface area contributed by atoms with Gasteiger partial charge in [-0.2, -0.15) is 23.5 Å². The second kappa shape index (κ2) is 10.4. The number of piperidine rings is 1. The van der Waals surface area contributed by atoms with Crippen molar-refractivity contribution >= 4 is 5.91 Å². The highest BCUT2D eigenvalue weighted by Crippen LogP contribution is 2.59. The first-order valence-corrected chi connectivity index (χ1v) is 13.9. The highest BCUT2D eigenvalue weighted by Gasteiger charge is 2.71. The number of nitrogens with one attached hydrogen (secondary N) is 2. The number of hydrogen-bond acceptors (Lipinski definition) is 6. The summed E-state index contributed by atoms with van der Waals surface area (Å²) in [4.78, 5) is 15.5. The smallest absolute Gasteiger partial charge is 0.347 e. The van der Waals surface area contributed by atoms with Crippen molar-refractivity contribution in [1.29, 1.82) is 0 Å². The molecule has 3 aromatic rings. The molecule has 2 saturated carbocycles. The van der Waals surface area contributed by atoms with Gasteiger partial charge in [0.1, 0.15) is 0 Å². The van der Waals surface area contributed by atoms with Gasteiger partial charge in [-0.05, 0) is 31.4 Å². The van der Waals surface area contributed by atoms with Gasteiger partial charge in [-0.3, -0.25) is 9.48 Å². The lowest BCUT2D eigenvalue weighted by molar-refractivity contribution is -0.137. The summed E-state index contributed by atoms with van der Waals surface area (Å²) in [5.74, 6) is -4.34. The number of carbonyl (C=O) groups excluding carboxylic acids is 1. The van der Waals surface area contributed by atoms with Crippen LogP contribution in [-0.2, 0) is 6.18 Å². The first-order chi connectivity index (χ1) is 19.5. The first-order valence-electron chi connectivity index (χ1n) is 13.9. The highest BCUT2D eigenvalue weighted by atomic mass is 19.4. The average Bonchev–Trinajstić information content (AvgIpc) is 3.66. The zero-order valence-electron chi connectivity index (χ0n) is 22.4. The van der Waals surface area contributed by atoms with Crippen molar-refractivity contribution in [2.75, 3.05) is 19.6 Å². The third-order valence-electron chi connectivity index (χ3n) is 8.87. The van der Waals surface area contributed by atoms with Crippen LogP contribution in [0.4, 0.5) is 22.0 Å². The number of nitrogens with zero attached hydrogens (tertiary/aromatic N) is 6. The van der Waals surface area contributed by atoms with Gasteiger partial charge in [-0.1, -0.05) is 43.2 Å². The van der Waals surface area contributed by atoms with Crippen LogP contribution in [0.5, 0.6) is 0 Å². The predicted molar refractivity (Wildman–Crippen MR) is 137 cm³/mol. The third kappa shape index (κ3) is 5.33. The van der Waals surface area contributed by atoms with Gasteiger partial charge in [0.15, 0.2) is 11.5 Å². The van der Waals surface area contributed by atoms with E-state index in [1.807, 2.05) is 11.8 Å². The lowest BCUT2D eigenvalue weighted by atomic mass is 9.97. The van der Waals surface area contributed by atoms with E-state index >= 15 is 0 Å². The van der Waals surface area contributed by atoms with Gasteiger partial charge in [0.2, 0.25) is 0 Å². The van der Waals surface area contributed by atoms with E-state index in [0.29, 0.717) is 31.9 Å². The van der Waals surface area contributed by atoms with Crippen LogP contribution in [0.3, 0.4) is 0 Å². The van der Waals surface area contributed by atoms with Crippen molar-refractivity contribution in [3.63, 3.8) is 0 Å². The maximum atomic E-state index is 13.9. The van der Waals surface area contributed by atoms with Crippen molar-refractivity contribution in [3.05, 3.63) is 47.4 Å². The zero-order valence-corrected chi connectivity index (χ0v) is 22.4. The van der Waals surface area contributed by atoms with Crippen LogP contribution in [-0.4, -0.2) is 72.8 Å². The molecular weight excluding hydrogens is 547 g/mol. The summed E-state index contributed by atoms with van der Waals surface area (Å²) < 4.78 is 70.6. The van der Waals surface area contributed by atoms with Gasteiger partial charge >= 0.3 is 6.18 Å². The van der Waals surface area contributed by atoms with Crippen LogP contribution in [0.15, 0.2) is 30.3 Å². The number of halogens is 5. The Hall–Kier alpha value is -3.42. The molecule has 9 nitrogen and oxygen atoms in total. The van der Waals surface area contributed by atoms with Crippen LogP contribution < -0.4 is 5.32 Å². The molecule has 0 bridgehead atoms. The van der Waals surface area contributed by atoms with Crippen molar-refractivity contribution in [2.24, 2.45) is 11.8 Å². The number of H-pyrrole nitrogens is 1. The number of aromatic amines is 1. The van der Waals surface area contributed by atoms with E-state index in [0.717, 1.165) is 31.7 Å². The Kier molecular flexibility index (Phi) is 7.07. The lowest BCUT2D eigenvalue weighted by Crippen LogP contribution is -2.42. The van der Waals surface area contributed by atoms with Crippen molar-refractivity contribution < 1.29 is 26.7 Å². The Morgan fingerprint density at radius 3 is 2.54 bits per heavy atom. The summed E-state index contributed by atoms with van der Waals surface area (Å²) in [5, 5.41) is 21.6. The number of alkyl halides is 5. The Morgan fingerprint density at radius 2 is 1.88 bits per heavy atom. The van der Waals surface area contributed by atoms with E-state index in [2.05, 4.69) is 31.0 Å². The molecule has 0 radical (unpaired) electrons. The Labute approximate surface area is 232 Å². The first kappa shape index (κ1) is 27.7. The van der Waals surface area contributed by atoms with Crippen LogP contribution in [0, 0.1) is 11.8 Å². The van der Waals surface area contributed by atoms with Crippen LogP contribution in [0.25, 0.3) is 11.3 Å². The van der Waals surface area contributed by atoms with E-state index in [1.54, 1.807) is 4.68 Å². The molecule has 3 heterocycles. The second-order valence-electron chi connectivity index (χ2n) is 11.4. The average molecular weight is 579 g/mol. The minimum atomic E-state index is -4.57. The van der Waals surface area contributed by atoms with Gasteiger partial charge in [0.25, 0.3) is 11.8 Å². The van der Waals surface area contributed by atoms with E-state index in [1.165, 1.54) is 24.3 Å². The highest BCUT2D eigenvalue weighted by molar-refractivity contribution is 5.93. The molecule has 1 aromatic carbocycles. The van der Waals surface area contributed by atoms with E-state index in [9.17, 15) is 26.7 Å². The van der Waals surface area contributed by atoms with Crippen molar-refractivity contribution in [1.82, 2.24) is 40.6 Å². The molecule has 2 aliphatic carbocycles.